The number of carbonyl (C=O) groups is 4. The zero-order valence-electron chi connectivity index (χ0n) is 18.8. The Labute approximate surface area is 187 Å². The van der Waals surface area contributed by atoms with Crippen LogP contribution in [0.4, 0.5) is 0 Å². The van der Waals surface area contributed by atoms with E-state index in [1.54, 1.807) is 0 Å². The number of aliphatic carboxylic acids is 1. The molecule has 3 atom stereocenters. The molecule has 0 fully saturated rings. The summed E-state index contributed by atoms with van der Waals surface area (Å²) in [6, 6.07) is 0. The van der Waals surface area contributed by atoms with E-state index in [0.29, 0.717) is 25.0 Å². The molecule has 0 saturated heterocycles. The topological polar surface area (TPSA) is 127 Å². The highest BCUT2D eigenvalue weighted by molar-refractivity contribution is 6.05. The Morgan fingerprint density at radius 2 is 1.97 bits per heavy atom. The maximum Gasteiger partial charge on any atom is 0.338 e. The van der Waals surface area contributed by atoms with Gasteiger partial charge in [0.2, 0.25) is 5.78 Å². The molecule has 2 N–H and O–H groups in total. The monoisotopic (exact) mass is 446 g/mol. The molecular weight excluding hydrogens is 416 g/mol. The first-order valence-electron chi connectivity index (χ1n) is 10.7. The standard InChI is InChI=1S/C24H30O8/c1-5-7-8-10-15(25)13-17(24(4)22(29)14(3)23(30)32-24)21-20(28)16(11-12-19(26)27)18(31-21)9-6-2/h5,7,11-12,17,21,29H,6,8-10,13H2,1-4H3,(H,26,27)/b7-5+,12-11-/t17-,21?,24+/m1/s1. The average Bonchev–Trinajstić information content (AvgIpc) is 3.13. The lowest BCUT2D eigenvalue weighted by molar-refractivity contribution is -0.160. The molecule has 2 rings (SSSR count). The van der Waals surface area contributed by atoms with Crippen molar-refractivity contribution < 1.29 is 38.9 Å². The molecule has 174 valence electrons. The maximum atomic E-state index is 13.3. The molecule has 0 aliphatic carbocycles. The Morgan fingerprint density at radius 1 is 1.28 bits per heavy atom. The maximum absolute atomic E-state index is 13.3. The summed E-state index contributed by atoms with van der Waals surface area (Å²) in [5.41, 5.74) is -1.50. The Hall–Kier alpha value is -3.16. The number of aliphatic hydroxyl groups excluding tert-OH is 1. The average molecular weight is 446 g/mol. The molecule has 0 bridgehead atoms. The Morgan fingerprint density at radius 3 is 2.50 bits per heavy atom. The highest BCUT2D eigenvalue weighted by Gasteiger charge is 2.56. The summed E-state index contributed by atoms with van der Waals surface area (Å²) in [7, 11) is 0. The number of allylic oxidation sites excluding steroid dienone is 4. The van der Waals surface area contributed by atoms with E-state index >= 15 is 0 Å². The molecule has 2 aliphatic heterocycles. The van der Waals surface area contributed by atoms with E-state index in [9.17, 15) is 24.3 Å². The second kappa shape index (κ2) is 10.4. The van der Waals surface area contributed by atoms with Crippen LogP contribution in [0.2, 0.25) is 0 Å². The minimum absolute atomic E-state index is 0.0112. The Bertz CT molecular complexity index is 920. The first-order chi connectivity index (χ1) is 15.1. The van der Waals surface area contributed by atoms with Gasteiger partial charge in [-0.05, 0) is 39.7 Å². The highest BCUT2D eigenvalue weighted by atomic mass is 16.6. The quantitative estimate of drug-likeness (QED) is 0.279. The summed E-state index contributed by atoms with van der Waals surface area (Å²) in [6.07, 6.45) is 6.11. The molecule has 0 amide bonds. The lowest BCUT2D eigenvalue weighted by Gasteiger charge is -2.35. The normalized spacial score (nSPS) is 24.6. The number of carboxylic acid groups (broad SMARTS) is 1. The van der Waals surface area contributed by atoms with Gasteiger partial charge in [-0.3, -0.25) is 9.59 Å². The predicted octanol–water partition coefficient (Wildman–Crippen LogP) is 3.73. The van der Waals surface area contributed by atoms with Crippen molar-refractivity contribution in [3.8, 4) is 0 Å². The fourth-order valence-electron chi connectivity index (χ4n) is 3.96. The van der Waals surface area contributed by atoms with Crippen molar-refractivity contribution in [3.63, 3.8) is 0 Å². The molecule has 0 aromatic rings. The summed E-state index contributed by atoms with van der Waals surface area (Å²) < 4.78 is 11.4. The van der Waals surface area contributed by atoms with Gasteiger partial charge in [0.05, 0.1) is 17.1 Å². The summed E-state index contributed by atoms with van der Waals surface area (Å²) in [6.45, 7) is 6.60. The number of Topliss-reactive ketones (excluding diaryl/α,β-unsaturated/α-hetero) is 2. The third-order valence-corrected chi connectivity index (χ3v) is 5.75. The van der Waals surface area contributed by atoms with Crippen molar-refractivity contribution in [2.45, 2.75) is 71.5 Å². The van der Waals surface area contributed by atoms with Gasteiger partial charge < -0.3 is 19.7 Å². The van der Waals surface area contributed by atoms with E-state index in [1.807, 2.05) is 26.0 Å². The van der Waals surface area contributed by atoms with Crippen molar-refractivity contribution in [2.75, 3.05) is 0 Å². The van der Waals surface area contributed by atoms with E-state index in [2.05, 4.69) is 0 Å². The van der Waals surface area contributed by atoms with E-state index in [4.69, 9.17) is 14.6 Å². The van der Waals surface area contributed by atoms with Crippen LogP contribution < -0.4 is 0 Å². The minimum atomic E-state index is -1.62. The van der Waals surface area contributed by atoms with Crippen LogP contribution in [0, 0.1) is 5.92 Å². The fraction of sp³-hybridized carbons (Fsp3) is 0.500. The number of carboxylic acids is 1. The molecule has 8 nitrogen and oxygen atoms in total. The Kier molecular flexibility index (Phi) is 8.19. The molecule has 2 heterocycles. The third kappa shape index (κ3) is 5.18. The second-order valence-corrected chi connectivity index (χ2v) is 8.09. The van der Waals surface area contributed by atoms with Gasteiger partial charge >= 0.3 is 11.9 Å². The molecule has 0 saturated carbocycles. The smallest absolute Gasteiger partial charge is 0.338 e. The number of hydrogen-bond donors (Lipinski definition) is 2. The lowest BCUT2D eigenvalue weighted by atomic mass is 9.77. The van der Waals surface area contributed by atoms with E-state index in [1.165, 1.54) is 19.9 Å². The van der Waals surface area contributed by atoms with Crippen molar-refractivity contribution >= 4 is 23.5 Å². The van der Waals surface area contributed by atoms with Gasteiger partial charge in [-0.15, -0.1) is 0 Å². The summed E-state index contributed by atoms with van der Waals surface area (Å²) in [4.78, 5) is 49.1. The van der Waals surface area contributed by atoms with Crippen LogP contribution >= 0.6 is 0 Å². The van der Waals surface area contributed by atoms with Gasteiger partial charge in [0.1, 0.15) is 17.3 Å². The molecule has 0 spiro atoms. The van der Waals surface area contributed by atoms with Crippen molar-refractivity contribution in [3.05, 3.63) is 47.0 Å². The molecular formula is C24H30O8. The zero-order valence-corrected chi connectivity index (χ0v) is 18.8. The molecule has 8 heteroatoms. The van der Waals surface area contributed by atoms with Gasteiger partial charge in [0, 0.05) is 25.3 Å². The van der Waals surface area contributed by atoms with Crippen LogP contribution in [0.25, 0.3) is 0 Å². The van der Waals surface area contributed by atoms with Crippen LogP contribution in [0.15, 0.2) is 47.0 Å². The van der Waals surface area contributed by atoms with Gasteiger partial charge in [-0.25, -0.2) is 9.59 Å². The van der Waals surface area contributed by atoms with Gasteiger partial charge in [-0.1, -0.05) is 19.1 Å². The molecule has 1 unspecified atom stereocenters. The number of esters is 1. The minimum Gasteiger partial charge on any atom is -0.507 e. The third-order valence-electron chi connectivity index (χ3n) is 5.75. The largest absolute Gasteiger partial charge is 0.507 e. The zero-order chi connectivity index (χ0) is 24.1. The lowest BCUT2D eigenvalue weighted by Crippen LogP contribution is -2.47. The molecule has 2 aliphatic rings. The van der Waals surface area contributed by atoms with Gasteiger partial charge in [0.15, 0.2) is 11.7 Å². The summed E-state index contributed by atoms with van der Waals surface area (Å²) in [5.74, 6) is -3.63. The van der Waals surface area contributed by atoms with Crippen molar-refractivity contribution in [1.82, 2.24) is 0 Å². The summed E-state index contributed by atoms with van der Waals surface area (Å²) in [5, 5.41) is 19.7. The van der Waals surface area contributed by atoms with Crippen molar-refractivity contribution in [2.24, 2.45) is 5.92 Å². The van der Waals surface area contributed by atoms with Crippen LogP contribution in [0.1, 0.15) is 59.8 Å². The van der Waals surface area contributed by atoms with Gasteiger partial charge in [0.25, 0.3) is 0 Å². The first-order valence-corrected chi connectivity index (χ1v) is 10.7. The SMILES string of the molecule is C/C=C/CCC(=O)C[C@H](C1OC(CCC)=C(/C=C\C(=O)O)C1=O)[C@]1(C)OC(=O)C(C)=C1O. The number of hydrogen-bond acceptors (Lipinski definition) is 7. The first kappa shape index (κ1) is 25.1. The number of ether oxygens (including phenoxy) is 2. The van der Waals surface area contributed by atoms with Crippen LogP contribution in [-0.4, -0.2) is 45.4 Å². The highest BCUT2D eigenvalue weighted by Crippen LogP contribution is 2.44. The van der Waals surface area contributed by atoms with E-state index < -0.39 is 35.3 Å². The van der Waals surface area contributed by atoms with E-state index in [-0.39, 0.29) is 35.5 Å². The molecule has 0 aromatic heterocycles. The Balaban J connectivity index is 2.44. The number of ketones is 2. The molecule has 32 heavy (non-hydrogen) atoms. The number of carbonyl (C=O) groups excluding carboxylic acids is 3. The van der Waals surface area contributed by atoms with Crippen molar-refractivity contribution in [1.29, 1.82) is 0 Å². The van der Waals surface area contributed by atoms with Crippen LogP contribution in [-0.2, 0) is 28.7 Å². The number of rotatable bonds is 11. The number of cyclic esters (lactones) is 1. The molecule has 0 aromatic carbocycles. The number of aliphatic hydroxyl groups is 1. The summed E-state index contributed by atoms with van der Waals surface area (Å²) >= 11 is 0. The van der Waals surface area contributed by atoms with Gasteiger partial charge in [-0.2, -0.15) is 0 Å². The van der Waals surface area contributed by atoms with Crippen LogP contribution in [0.5, 0.6) is 0 Å². The second-order valence-electron chi connectivity index (χ2n) is 8.09. The van der Waals surface area contributed by atoms with E-state index in [0.717, 1.165) is 6.08 Å². The predicted molar refractivity (Wildman–Crippen MR) is 116 cm³/mol. The molecule has 0 radical (unpaired) electrons. The van der Waals surface area contributed by atoms with Crippen LogP contribution in [0.3, 0.4) is 0 Å². The fourth-order valence-corrected chi connectivity index (χ4v) is 3.96.